The van der Waals surface area contributed by atoms with Crippen LogP contribution >= 0.6 is 0 Å². The lowest BCUT2D eigenvalue weighted by molar-refractivity contribution is -0.123. The molecule has 2 aromatic rings. The zero-order valence-electron chi connectivity index (χ0n) is 17.9. The summed E-state index contributed by atoms with van der Waals surface area (Å²) in [7, 11) is 0. The number of nitrogens with one attached hydrogen (secondary N) is 4. The molecule has 0 aliphatic heterocycles. The first kappa shape index (κ1) is 24.7. The molecule has 0 saturated heterocycles. The largest absolute Gasteiger partial charge is 0.405 e. The van der Waals surface area contributed by atoms with Crippen molar-refractivity contribution in [2.45, 2.75) is 26.9 Å². The van der Waals surface area contributed by atoms with Gasteiger partial charge in [0.2, 0.25) is 11.8 Å². The minimum Gasteiger partial charge on any atom is -0.376 e. The number of hydrogen-bond donors (Lipinski definition) is 4. The van der Waals surface area contributed by atoms with Crippen molar-refractivity contribution >= 4 is 29.1 Å². The molecule has 0 bridgehead atoms. The van der Waals surface area contributed by atoms with Gasteiger partial charge in [-0.1, -0.05) is 29.8 Å². The van der Waals surface area contributed by atoms with Gasteiger partial charge >= 0.3 is 6.18 Å². The lowest BCUT2D eigenvalue weighted by atomic mass is 10.1. The number of benzene rings is 2. The molecule has 4 N–H and O–H groups in total. The quantitative estimate of drug-likeness (QED) is 0.497. The molecule has 2 rings (SSSR count). The van der Waals surface area contributed by atoms with Crippen molar-refractivity contribution in [3.05, 3.63) is 58.7 Å². The Morgan fingerprint density at radius 1 is 0.875 bits per heavy atom. The van der Waals surface area contributed by atoms with Crippen LogP contribution in [-0.4, -0.2) is 43.5 Å². The molecular formula is C22H25F3N4O3. The van der Waals surface area contributed by atoms with E-state index in [4.69, 9.17) is 0 Å². The molecule has 0 unspecified atom stereocenters. The van der Waals surface area contributed by atoms with Gasteiger partial charge in [-0.05, 0) is 44.0 Å². The van der Waals surface area contributed by atoms with Crippen LogP contribution in [0.15, 0.2) is 36.4 Å². The van der Waals surface area contributed by atoms with E-state index in [0.29, 0.717) is 5.69 Å². The number of hydrogen-bond acceptors (Lipinski definition) is 4. The van der Waals surface area contributed by atoms with Crippen LogP contribution in [0.4, 0.5) is 24.5 Å². The summed E-state index contributed by atoms with van der Waals surface area (Å²) in [6, 6.07) is 9.74. The third-order valence-corrected chi connectivity index (χ3v) is 4.45. The summed E-state index contributed by atoms with van der Waals surface area (Å²) < 4.78 is 37.0. The lowest BCUT2D eigenvalue weighted by Crippen LogP contribution is -2.37. The Morgan fingerprint density at radius 2 is 1.50 bits per heavy atom. The van der Waals surface area contributed by atoms with Crippen molar-refractivity contribution in [2.24, 2.45) is 0 Å². The minimum atomic E-state index is -4.53. The fourth-order valence-electron chi connectivity index (χ4n) is 3.09. The maximum atomic E-state index is 12.3. The molecule has 172 valence electrons. The standard InChI is InChI=1S/C22H25F3N4O3/c1-13-8-14(2)20(15(3)9-13)29-19(31)11-27-18(30)10-26-17-7-5-4-6-16(17)21(32)28-12-22(23,24)25/h4-9,26H,10-12H2,1-3H3,(H,27,30)(H,28,32)(H,29,31). The monoisotopic (exact) mass is 450 g/mol. The molecule has 0 atom stereocenters. The summed E-state index contributed by atoms with van der Waals surface area (Å²) in [5.74, 6) is -1.85. The van der Waals surface area contributed by atoms with Crippen molar-refractivity contribution < 1.29 is 27.6 Å². The number of carbonyl (C=O) groups is 3. The molecule has 0 aliphatic carbocycles. The summed E-state index contributed by atoms with van der Waals surface area (Å²) in [6.45, 7) is 3.70. The van der Waals surface area contributed by atoms with Gasteiger partial charge < -0.3 is 21.3 Å². The fraction of sp³-hybridized carbons (Fsp3) is 0.318. The second-order valence-corrected chi connectivity index (χ2v) is 7.30. The molecular weight excluding hydrogens is 425 g/mol. The van der Waals surface area contributed by atoms with Gasteiger partial charge in [-0.3, -0.25) is 14.4 Å². The normalized spacial score (nSPS) is 10.9. The molecule has 7 nitrogen and oxygen atoms in total. The molecule has 0 aliphatic rings. The van der Waals surface area contributed by atoms with Gasteiger partial charge in [0.05, 0.1) is 18.7 Å². The topological polar surface area (TPSA) is 99.3 Å². The van der Waals surface area contributed by atoms with E-state index in [0.717, 1.165) is 16.7 Å². The Kier molecular flexibility index (Phi) is 8.22. The summed E-state index contributed by atoms with van der Waals surface area (Å²) in [4.78, 5) is 36.3. The predicted octanol–water partition coefficient (Wildman–Crippen LogP) is 3.07. The van der Waals surface area contributed by atoms with Gasteiger partial charge in [0.1, 0.15) is 6.54 Å². The van der Waals surface area contributed by atoms with Crippen LogP contribution in [0.5, 0.6) is 0 Å². The number of para-hydroxylation sites is 1. The van der Waals surface area contributed by atoms with Gasteiger partial charge in [-0.15, -0.1) is 0 Å². The average molecular weight is 450 g/mol. The van der Waals surface area contributed by atoms with Crippen molar-refractivity contribution in [1.29, 1.82) is 0 Å². The zero-order chi connectivity index (χ0) is 23.9. The third kappa shape index (κ3) is 7.60. The highest BCUT2D eigenvalue weighted by Gasteiger charge is 2.28. The van der Waals surface area contributed by atoms with Crippen LogP contribution in [0.25, 0.3) is 0 Å². The summed E-state index contributed by atoms with van der Waals surface area (Å²) in [5.41, 5.74) is 3.73. The number of halogens is 3. The molecule has 0 saturated carbocycles. The Morgan fingerprint density at radius 3 is 2.12 bits per heavy atom. The highest BCUT2D eigenvalue weighted by atomic mass is 19.4. The molecule has 0 heterocycles. The fourth-order valence-corrected chi connectivity index (χ4v) is 3.09. The van der Waals surface area contributed by atoms with Crippen molar-refractivity contribution in [3.63, 3.8) is 0 Å². The number of amides is 3. The number of anilines is 2. The molecule has 2 aromatic carbocycles. The van der Waals surface area contributed by atoms with E-state index in [1.54, 1.807) is 11.4 Å². The van der Waals surface area contributed by atoms with E-state index in [2.05, 4.69) is 16.0 Å². The zero-order valence-corrected chi connectivity index (χ0v) is 17.9. The molecule has 0 aromatic heterocycles. The van der Waals surface area contributed by atoms with Crippen LogP contribution in [-0.2, 0) is 9.59 Å². The van der Waals surface area contributed by atoms with Crippen LogP contribution in [0, 0.1) is 20.8 Å². The average Bonchev–Trinajstić information content (AvgIpc) is 2.71. The van der Waals surface area contributed by atoms with Crippen molar-refractivity contribution in [3.8, 4) is 0 Å². The number of rotatable bonds is 8. The first-order valence-electron chi connectivity index (χ1n) is 9.78. The number of aryl methyl sites for hydroxylation is 3. The van der Waals surface area contributed by atoms with Gasteiger partial charge in [0.15, 0.2) is 0 Å². The minimum absolute atomic E-state index is 0.0346. The van der Waals surface area contributed by atoms with E-state index in [9.17, 15) is 27.6 Å². The molecule has 3 amide bonds. The van der Waals surface area contributed by atoms with Crippen molar-refractivity contribution in [2.75, 3.05) is 30.3 Å². The van der Waals surface area contributed by atoms with E-state index < -0.39 is 30.4 Å². The molecule has 0 radical (unpaired) electrons. The van der Waals surface area contributed by atoms with Crippen molar-refractivity contribution in [1.82, 2.24) is 10.6 Å². The highest BCUT2D eigenvalue weighted by Crippen LogP contribution is 2.21. The van der Waals surface area contributed by atoms with E-state index >= 15 is 0 Å². The summed E-state index contributed by atoms with van der Waals surface area (Å²) in [5, 5.41) is 9.71. The number of alkyl halides is 3. The van der Waals surface area contributed by atoms with Crippen LogP contribution in [0.3, 0.4) is 0 Å². The molecule has 0 spiro atoms. The second kappa shape index (κ2) is 10.7. The maximum Gasteiger partial charge on any atom is 0.405 e. The maximum absolute atomic E-state index is 12.3. The van der Waals surface area contributed by atoms with Crippen LogP contribution in [0.1, 0.15) is 27.0 Å². The Labute approximate surface area is 183 Å². The smallest absolute Gasteiger partial charge is 0.376 e. The highest BCUT2D eigenvalue weighted by molar-refractivity contribution is 6.00. The van der Waals surface area contributed by atoms with Gasteiger partial charge in [-0.2, -0.15) is 13.2 Å². The Bertz CT molecular complexity index is 983. The first-order chi connectivity index (χ1) is 15.0. The molecule has 32 heavy (non-hydrogen) atoms. The summed E-state index contributed by atoms with van der Waals surface area (Å²) >= 11 is 0. The molecule has 10 heteroatoms. The summed E-state index contributed by atoms with van der Waals surface area (Å²) in [6.07, 6.45) is -4.53. The van der Waals surface area contributed by atoms with E-state index in [1.165, 1.54) is 18.2 Å². The number of carbonyl (C=O) groups excluding carboxylic acids is 3. The van der Waals surface area contributed by atoms with E-state index in [-0.39, 0.29) is 24.3 Å². The van der Waals surface area contributed by atoms with Crippen LogP contribution < -0.4 is 21.3 Å². The second-order valence-electron chi connectivity index (χ2n) is 7.30. The van der Waals surface area contributed by atoms with Crippen LogP contribution in [0.2, 0.25) is 0 Å². The Balaban J connectivity index is 1.87. The third-order valence-electron chi connectivity index (χ3n) is 4.45. The SMILES string of the molecule is Cc1cc(C)c(NC(=O)CNC(=O)CNc2ccccc2C(=O)NCC(F)(F)F)c(C)c1. The van der Waals surface area contributed by atoms with Gasteiger partial charge in [-0.25, -0.2) is 0 Å². The van der Waals surface area contributed by atoms with Gasteiger partial charge in [0.25, 0.3) is 5.91 Å². The Hall–Kier alpha value is -3.56. The molecule has 0 fully saturated rings. The first-order valence-corrected chi connectivity index (χ1v) is 9.78. The predicted molar refractivity (Wildman–Crippen MR) is 116 cm³/mol. The lowest BCUT2D eigenvalue weighted by Gasteiger charge is -2.14. The van der Waals surface area contributed by atoms with Gasteiger partial charge in [0, 0.05) is 11.4 Å². The van der Waals surface area contributed by atoms with E-state index in [1.807, 2.05) is 32.9 Å².